The van der Waals surface area contributed by atoms with Gasteiger partial charge in [-0.1, -0.05) is 51.1 Å². The maximum atomic E-state index is 3.60. The minimum absolute atomic E-state index is 0.656. The Hall–Kier alpha value is -0.470. The van der Waals surface area contributed by atoms with Gasteiger partial charge in [0.2, 0.25) is 0 Å². The van der Waals surface area contributed by atoms with Crippen molar-refractivity contribution in [2.24, 2.45) is 5.92 Å². The molecule has 0 radical (unpaired) electrons. The first-order chi connectivity index (χ1) is 8.74. The third kappa shape index (κ3) is 6.46. The quantitative estimate of drug-likeness (QED) is 0.673. The van der Waals surface area contributed by atoms with Gasteiger partial charge in [-0.25, -0.2) is 0 Å². The minimum Gasteiger partial charge on any atom is -0.316 e. The molecule has 0 saturated carbocycles. The highest BCUT2D eigenvalue weighted by molar-refractivity contribution is 7.99. The van der Waals surface area contributed by atoms with Crippen LogP contribution in [-0.2, 0) is 0 Å². The average molecular weight is 265 g/mol. The zero-order valence-corrected chi connectivity index (χ0v) is 12.8. The van der Waals surface area contributed by atoms with Gasteiger partial charge < -0.3 is 5.32 Å². The second kappa shape index (κ2) is 9.46. The van der Waals surface area contributed by atoms with Crippen molar-refractivity contribution in [1.29, 1.82) is 0 Å². The summed E-state index contributed by atoms with van der Waals surface area (Å²) in [7, 11) is 0. The number of nitrogens with one attached hydrogen (secondary N) is 1. The molecule has 0 aliphatic heterocycles. The fourth-order valence-corrected chi connectivity index (χ4v) is 2.77. The van der Waals surface area contributed by atoms with Crippen LogP contribution < -0.4 is 5.32 Å². The molecule has 0 aliphatic rings. The van der Waals surface area contributed by atoms with Gasteiger partial charge >= 0.3 is 0 Å². The van der Waals surface area contributed by atoms with E-state index >= 15 is 0 Å². The monoisotopic (exact) mass is 265 g/mol. The summed E-state index contributed by atoms with van der Waals surface area (Å²) in [6.07, 6.45) is 1.27. The number of rotatable bonds is 9. The SMILES string of the molecule is CCSCCC(CNCC(C)C)c1ccccc1. The molecule has 1 atom stereocenters. The van der Waals surface area contributed by atoms with Crippen LogP contribution in [0.2, 0.25) is 0 Å². The number of thioether (sulfide) groups is 1. The van der Waals surface area contributed by atoms with Crippen molar-refractivity contribution in [2.75, 3.05) is 24.6 Å². The first-order valence-corrected chi connectivity index (χ1v) is 8.23. The fraction of sp³-hybridized carbons (Fsp3) is 0.625. The third-order valence-electron chi connectivity index (χ3n) is 3.03. The van der Waals surface area contributed by atoms with E-state index in [9.17, 15) is 0 Å². The van der Waals surface area contributed by atoms with Gasteiger partial charge in [0.15, 0.2) is 0 Å². The molecule has 0 heterocycles. The van der Waals surface area contributed by atoms with Crippen LogP contribution in [0.25, 0.3) is 0 Å². The van der Waals surface area contributed by atoms with Crippen molar-refractivity contribution in [3.8, 4) is 0 Å². The molecule has 0 aromatic heterocycles. The Morgan fingerprint density at radius 1 is 1.11 bits per heavy atom. The fourth-order valence-electron chi connectivity index (χ4n) is 2.03. The normalized spacial score (nSPS) is 12.9. The van der Waals surface area contributed by atoms with Crippen molar-refractivity contribution >= 4 is 11.8 Å². The zero-order chi connectivity index (χ0) is 13.2. The highest BCUT2D eigenvalue weighted by Gasteiger charge is 2.10. The first-order valence-electron chi connectivity index (χ1n) is 7.07. The van der Waals surface area contributed by atoms with Gasteiger partial charge in [-0.3, -0.25) is 0 Å². The van der Waals surface area contributed by atoms with E-state index in [1.54, 1.807) is 0 Å². The topological polar surface area (TPSA) is 12.0 Å². The highest BCUT2D eigenvalue weighted by atomic mass is 32.2. The Morgan fingerprint density at radius 2 is 1.83 bits per heavy atom. The maximum absolute atomic E-state index is 3.60. The molecule has 18 heavy (non-hydrogen) atoms. The Kier molecular flexibility index (Phi) is 8.19. The molecule has 0 fully saturated rings. The minimum atomic E-state index is 0.656. The van der Waals surface area contributed by atoms with Crippen molar-refractivity contribution in [1.82, 2.24) is 5.32 Å². The van der Waals surface area contributed by atoms with E-state index in [0.717, 1.165) is 19.0 Å². The number of hydrogen-bond acceptors (Lipinski definition) is 2. The van der Waals surface area contributed by atoms with E-state index in [4.69, 9.17) is 0 Å². The Balaban J connectivity index is 2.47. The molecular formula is C16H27NS. The molecule has 0 bridgehead atoms. The predicted octanol–water partition coefficient (Wildman–Crippen LogP) is 4.16. The molecule has 2 heteroatoms. The van der Waals surface area contributed by atoms with Crippen molar-refractivity contribution in [2.45, 2.75) is 33.1 Å². The van der Waals surface area contributed by atoms with Crippen LogP contribution in [0, 0.1) is 5.92 Å². The van der Waals surface area contributed by atoms with Gasteiger partial charge in [0.05, 0.1) is 0 Å². The molecule has 0 amide bonds. The van der Waals surface area contributed by atoms with Gasteiger partial charge in [0, 0.05) is 6.54 Å². The van der Waals surface area contributed by atoms with E-state index in [1.165, 1.54) is 23.5 Å². The van der Waals surface area contributed by atoms with E-state index in [0.29, 0.717) is 5.92 Å². The number of hydrogen-bond donors (Lipinski definition) is 1. The summed E-state index contributed by atoms with van der Waals surface area (Å²) >= 11 is 2.04. The van der Waals surface area contributed by atoms with Gasteiger partial charge in [0.25, 0.3) is 0 Å². The lowest BCUT2D eigenvalue weighted by atomic mass is 9.96. The molecule has 102 valence electrons. The summed E-state index contributed by atoms with van der Waals surface area (Å²) in [5.41, 5.74) is 1.48. The summed E-state index contributed by atoms with van der Waals surface area (Å²) in [5.74, 6) is 3.87. The lowest BCUT2D eigenvalue weighted by molar-refractivity contribution is 0.511. The van der Waals surface area contributed by atoms with Crippen LogP contribution in [0.5, 0.6) is 0 Å². The molecular weight excluding hydrogens is 238 g/mol. The van der Waals surface area contributed by atoms with E-state index in [1.807, 2.05) is 11.8 Å². The van der Waals surface area contributed by atoms with E-state index in [-0.39, 0.29) is 0 Å². The van der Waals surface area contributed by atoms with Crippen LogP contribution in [-0.4, -0.2) is 24.6 Å². The van der Waals surface area contributed by atoms with E-state index < -0.39 is 0 Å². The molecule has 1 rings (SSSR count). The molecule has 1 unspecified atom stereocenters. The van der Waals surface area contributed by atoms with Gasteiger partial charge in [-0.15, -0.1) is 0 Å². The van der Waals surface area contributed by atoms with Crippen molar-refractivity contribution in [3.63, 3.8) is 0 Å². The average Bonchev–Trinajstić information content (AvgIpc) is 2.38. The zero-order valence-electron chi connectivity index (χ0n) is 12.0. The summed E-state index contributed by atoms with van der Waals surface area (Å²) in [5, 5.41) is 3.60. The van der Waals surface area contributed by atoms with Crippen LogP contribution in [0.3, 0.4) is 0 Å². The lowest BCUT2D eigenvalue weighted by Crippen LogP contribution is -2.25. The summed E-state index contributed by atoms with van der Waals surface area (Å²) in [6.45, 7) is 8.98. The van der Waals surface area contributed by atoms with Gasteiger partial charge in [-0.2, -0.15) is 11.8 Å². The second-order valence-corrected chi connectivity index (χ2v) is 6.54. The lowest BCUT2D eigenvalue weighted by Gasteiger charge is -2.19. The predicted molar refractivity (Wildman–Crippen MR) is 84.5 cm³/mol. The molecule has 0 aliphatic carbocycles. The summed E-state index contributed by atoms with van der Waals surface area (Å²) in [6, 6.07) is 10.9. The Morgan fingerprint density at radius 3 is 2.44 bits per heavy atom. The first kappa shape index (κ1) is 15.6. The third-order valence-corrected chi connectivity index (χ3v) is 3.96. The molecule has 0 saturated heterocycles. The maximum Gasteiger partial charge on any atom is 0.00205 e. The van der Waals surface area contributed by atoms with Gasteiger partial charge in [-0.05, 0) is 41.9 Å². The van der Waals surface area contributed by atoms with Crippen molar-refractivity contribution in [3.05, 3.63) is 35.9 Å². The largest absolute Gasteiger partial charge is 0.316 e. The molecule has 1 aromatic rings. The molecule has 1 N–H and O–H groups in total. The molecule has 0 spiro atoms. The van der Waals surface area contributed by atoms with Crippen LogP contribution in [0.15, 0.2) is 30.3 Å². The smallest absolute Gasteiger partial charge is 0.00205 e. The van der Waals surface area contributed by atoms with Crippen molar-refractivity contribution < 1.29 is 0 Å². The van der Waals surface area contributed by atoms with Gasteiger partial charge in [0.1, 0.15) is 0 Å². The molecule has 1 aromatic carbocycles. The Bertz CT molecular complexity index is 297. The highest BCUT2D eigenvalue weighted by Crippen LogP contribution is 2.21. The summed E-state index contributed by atoms with van der Waals surface area (Å²) in [4.78, 5) is 0. The van der Waals surface area contributed by atoms with Crippen LogP contribution >= 0.6 is 11.8 Å². The Labute approximate surface area is 117 Å². The van der Waals surface area contributed by atoms with E-state index in [2.05, 4.69) is 56.4 Å². The standard InChI is InChI=1S/C16H27NS/c1-4-18-11-10-16(13-17-12-14(2)3)15-8-6-5-7-9-15/h5-9,14,16-17H,4,10-13H2,1-3H3. The number of benzene rings is 1. The second-order valence-electron chi connectivity index (χ2n) is 5.15. The molecule has 1 nitrogen and oxygen atoms in total. The summed E-state index contributed by atoms with van der Waals surface area (Å²) < 4.78 is 0. The van der Waals surface area contributed by atoms with Crippen LogP contribution in [0.4, 0.5) is 0 Å². The van der Waals surface area contributed by atoms with Crippen LogP contribution in [0.1, 0.15) is 38.7 Å².